The van der Waals surface area contributed by atoms with Crippen LogP contribution in [0, 0.1) is 5.92 Å². The maximum absolute atomic E-state index is 5.68. The first-order valence-electron chi connectivity index (χ1n) is 5.37. The van der Waals surface area contributed by atoms with Crippen molar-refractivity contribution < 1.29 is 0 Å². The van der Waals surface area contributed by atoms with Gasteiger partial charge in [0.25, 0.3) is 0 Å². The maximum atomic E-state index is 5.68. The molecule has 0 radical (unpaired) electrons. The molecule has 3 heteroatoms. The molecule has 0 bridgehead atoms. The van der Waals surface area contributed by atoms with Gasteiger partial charge in [-0.3, -0.25) is 0 Å². The minimum absolute atomic E-state index is 0.745. The van der Waals surface area contributed by atoms with Gasteiger partial charge in [0.15, 0.2) is 0 Å². The van der Waals surface area contributed by atoms with Crippen LogP contribution in [-0.4, -0.2) is 42.6 Å². The van der Waals surface area contributed by atoms with Crippen LogP contribution < -0.4 is 5.73 Å². The highest BCUT2D eigenvalue weighted by molar-refractivity contribution is 7.99. The Morgan fingerprint density at radius 2 is 2.08 bits per heavy atom. The average molecular weight is 202 g/mol. The van der Waals surface area contributed by atoms with Crippen LogP contribution in [-0.2, 0) is 0 Å². The van der Waals surface area contributed by atoms with E-state index in [9.17, 15) is 0 Å². The fourth-order valence-corrected chi connectivity index (χ4v) is 2.66. The number of hydrogen-bond acceptors (Lipinski definition) is 3. The van der Waals surface area contributed by atoms with E-state index in [-0.39, 0.29) is 0 Å². The molecule has 0 aromatic heterocycles. The predicted octanol–water partition coefficient (Wildman–Crippen LogP) is 1.41. The minimum Gasteiger partial charge on any atom is -0.330 e. The predicted molar refractivity (Wildman–Crippen MR) is 61.2 cm³/mol. The zero-order valence-electron chi connectivity index (χ0n) is 8.67. The normalized spacial score (nSPS) is 21.7. The lowest BCUT2D eigenvalue weighted by Crippen LogP contribution is -2.34. The summed E-state index contributed by atoms with van der Waals surface area (Å²) in [4.78, 5) is 2.58. The van der Waals surface area contributed by atoms with Gasteiger partial charge in [-0.2, -0.15) is 11.8 Å². The van der Waals surface area contributed by atoms with E-state index in [1.807, 2.05) is 0 Å². The molecule has 1 heterocycles. The summed E-state index contributed by atoms with van der Waals surface area (Å²) in [7, 11) is 0. The molecule has 0 spiro atoms. The number of nitrogens with zero attached hydrogens (tertiary/aromatic N) is 1. The maximum Gasteiger partial charge on any atom is 0.00727 e. The zero-order valence-corrected chi connectivity index (χ0v) is 9.48. The van der Waals surface area contributed by atoms with Gasteiger partial charge in [-0.25, -0.2) is 0 Å². The molecule has 0 aliphatic carbocycles. The Labute approximate surface area is 86.2 Å². The van der Waals surface area contributed by atoms with Crippen molar-refractivity contribution in [3.05, 3.63) is 0 Å². The van der Waals surface area contributed by atoms with Gasteiger partial charge in [0, 0.05) is 24.6 Å². The van der Waals surface area contributed by atoms with Crippen LogP contribution in [0.1, 0.15) is 19.8 Å². The van der Waals surface area contributed by atoms with E-state index in [1.165, 1.54) is 44.0 Å². The molecule has 1 aliphatic heterocycles. The Kier molecular flexibility index (Phi) is 5.83. The van der Waals surface area contributed by atoms with E-state index < -0.39 is 0 Å². The van der Waals surface area contributed by atoms with Crippen molar-refractivity contribution in [1.29, 1.82) is 0 Å². The number of thioether (sulfide) groups is 1. The quantitative estimate of drug-likeness (QED) is 0.731. The summed E-state index contributed by atoms with van der Waals surface area (Å²) < 4.78 is 0. The summed E-state index contributed by atoms with van der Waals surface area (Å²) >= 11 is 2.08. The summed E-state index contributed by atoms with van der Waals surface area (Å²) in [5, 5.41) is 0. The first-order chi connectivity index (χ1) is 6.36. The average Bonchev–Trinajstić information content (AvgIpc) is 2.21. The lowest BCUT2D eigenvalue weighted by atomic mass is 10.0. The molecule has 2 nitrogen and oxygen atoms in total. The standard InChI is InChI=1S/C10H22N2S/c1-2-10(9-11)3-4-12-5-7-13-8-6-12/h10H,2-9,11H2,1H3. The summed E-state index contributed by atoms with van der Waals surface area (Å²) in [5.41, 5.74) is 5.68. The van der Waals surface area contributed by atoms with Gasteiger partial charge >= 0.3 is 0 Å². The smallest absolute Gasteiger partial charge is 0.00727 e. The highest BCUT2D eigenvalue weighted by Crippen LogP contribution is 2.12. The Morgan fingerprint density at radius 1 is 1.38 bits per heavy atom. The molecule has 0 aromatic rings. The van der Waals surface area contributed by atoms with E-state index in [4.69, 9.17) is 5.73 Å². The van der Waals surface area contributed by atoms with Crippen molar-refractivity contribution in [3.8, 4) is 0 Å². The Morgan fingerprint density at radius 3 is 2.62 bits per heavy atom. The van der Waals surface area contributed by atoms with Gasteiger partial charge in [0.2, 0.25) is 0 Å². The molecule has 1 aliphatic rings. The molecule has 1 fully saturated rings. The third-order valence-corrected chi connectivity index (χ3v) is 3.81. The molecule has 1 unspecified atom stereocenters. The van der Waals surface area contributed by atoms with Crippen molar-refractivity contribution in [2.24, 2.45) is 11.7 Å². The summed E-state index contributed by atoms with van der Waals surface area (Å²) in [5.74, 6) is 3.38. The summed E-state index contributed by atoms with van der Waals surface area (Å²) in [6, 6.07) is 0. The van der Waals surface area contributed by atoms with Gasteiger partial charge in [0.1, 0.15) is 0 Å². The van der Waals surface area contributed by atoms with E-state index >= 15 is 0 Å². The Balaban J connectivity index is 2.09. The van der Waals surface area contributed by atoms with Gasteiger partial charge in [0.05, 0.1) is 0 Å². The highest BCUT2D eigenvalue weighted by atomic mass is 32.2. The van der Waals surface area contributed by atoms with Crippen LogP contribution in [0.25, 0.3) is 0 Å². The molecule has 1 saturated heterocycles. The SMILES string of the molecule is CCC(CN)CCN1CCSCC1. The first-order valence-corrected chi connectivity index (χ1v) is 6.52. The Bertz CT molecular complexity index is 120. The van der Waals surface area contributed by atoms with Crippen molar-refractivity contribution in [2.75, 3.05) is 37.7 Å². The lowest BCUT2D eigenvalue weighted by molar-refractivity contribution is 0.273. The topological polar surface area (TPSA) is 29.3 Å². The first kappa shape index (κ1) is 11.3. The second kappa shape index (κ2) is 6.68. The number of rotatable bonds is 5. The van der Waals surface area contributed by atoms with Gasteiger partial charge in [-0.1, -0.05) is 13.3 Å². The molecule has 2 N–H and O–H groups in total. The highest BCUT2D eigenvalue weighted by Gasteiger charge is 2.11. The largest absolute Gasteiger partial charge is 0.330 e. The molecule has 0 saturated carbocycles. The van der Waals surface area contributed by atoms with Crippen LogP contribution in [0.2, 0.25) is 0 Å². The molecule has 0 aromatic carbocycles. The van der Waals surface area contributed by atoms with E-state index in [0.717, 1.165) is 12.5 Å². The summed E-state index contributed by atoms with van der Waals surface area (Å²) in [6.07, 6.45) is 2.52. The Hall–Kier alpha value is 0.270. The second-order valence-corrected chi connectivity index (χ2v) is 4.98. The fraction of sp³-hybridized carbons (Fsp3) is 1.00. The van der Waals surface area contributed by atoms with Gasteiger partial charge in [-0.15, -0.1) is 0 Å². The van der Waals surface area contributed by atoms with Crippen LogP contribution in [0.15, 0.2) is 0 Å². The van der Waals surface area contributed by atoms with Crippen molar-refractivity contribution in [3.63, 3.8) is 0 Å². The fourth-order valence-electron chi connectivity index (χ4n) is 1.68. The minimum atomic E-state index is 0.745. The van der Waals surface area contributed by atoms with Crippen LogP contribution in [0.5, 0.6) is 0 Å². The van der Waals surface area contributed by atoms with E-state index in [1.54, 1.807) is 0 Å². The molecule has 1 atom stereocenters. The van der Waals surface area contributed by atoms with Crippen LogP contribution in [0.4, 0.5) is 0 Å². The third kappa shape index (κ3) is 4.34. The second-order valence-electron chi connectivity index (χ2n) is 3.75. The van der Waals surface area contributed by atoms with Crippen LogP contribution in [0.3, 0.4) is 0 Å². The number of hydrogen-bond donors (Lipinski definition) is 1. The molecule has 1 rings (SSSR count). The van der Waals surface area contributed by atoms with Crippen LogP contribution >= 0.6 is 11.8 Å². The van der Waals surface area contributed by atoms with Crippen molar-refractivity contribution in [2.45, 2.75) is 19.8 Å². The lowest BCUT2D eigenvalue weighted by Gasteiger charge is -2.27. The molecular formula is C10H22N2S. The molecule has 0 amide bonds. The van der Waals surface area contributed by atoms with Crippen molar-refractivity contribution in [1.82, 2.24) is 4.90 Å². The monoisotopic (exact) mass is 202 g/mol. The van der Waals surface area contributed by atoms with Gasteiger partial charge < -0.3 is 10.6 Å². The zero-order chi connectivity index (χ0) is 9.52. The molecule has 78 valence electrons. The third-order valence-electron chi connectivity index (χ3n) is 2.87. The van der Waals surface area contributed by atoms with E-state index in [0.29, 0.717) is 0 Å². The summed E-state index contributed by atoms with van der Waals surface area (Å²) in [6.45, 7) is 6.93. The van der Waals surface area contributed by atoms with E-state index in [2.05, 4.69) is 23.6 Å². The van der Waals surface area contributed by atoms with Crippen molar-refractivity contribution >= 4 is 11.8 Å². The molecular weight excluding hydrogens is 180 g/mol. The molecule has 13 heavy (non-hydrogen) atoms. The number of nitrogens with two attached hydrogens (primary N) is 1. The van der Waals surface area contributed by atoms with Gasteiger partial charge in [-0.05, 0) is 25.4 Å².